The molecule has 0 fully saturated rings. The van der Waals surface area contributed by atoms with Gasteiger partial charge in [-0.1, -0.05) is 49.4 Å². The maximum Gasteiger partial charge on any atom is 0.331 e. The summed E-state index contributed by atoms with van der Waals surface area (Å²) in [5, 5.41) is 0. The molecule has 30 heavy (non-hydrogen) atoms. The largest absolute Gasteiger partial charge is 0.497 e. The van der Waals surface area contributed by atoms with Gasteiger partial charge in [-0.15, -0.1) is 0 Å². The molecule has 158 valence electrons. The lowest BCUT2D eigenvalue weighted by atomic mass is 10.1. The van der Waals surface area contributed by atoms with Gasteiger partial charge in [0.1, 0.15) is 11.9 Å². The van der Waals surface area contributed by atoms with E-state index in [1.807, 2.05) is 61.5 Å². The Morgan fingerprint density at radius 3 is 2.17 bits per heavy atom. The fourth-order valence-corrected chi connectivity index (χ4v) is 2.69. The smallest absolute Gasteiger partial charge is 0.331 e. The molecule has 0 heterocycles. The zero-order valence-corrected chi connectivity index (χ0v) is 17.5. The van der Waals surface area contributed by atoms with Crippen molar-refractivity contribution in [3.63, 3.8) is 0 Å². The molecule has 0 spiro atoms. The first-order chi connectivity index (χ1) is 14.6. The van der Waals surface area contributed by atoms with E-state index in [-0.39, 0.29) is 18.7 Å². The Morgan fingerprint density at radius 1 is 0.900 bits per heavy atom. The highest BCUT2D eigenvalue weighted by Crippen LogP contribution is 2.12. The summed E-state index contributed by atoms with van der Waals surface area (Å²) in [6, 6.07) is 16.9. The molecule has 0 aliphatic heterocycles. The third-order valence-corrected chi connectivity index (χ3v) is 4.39. The number of carbonyl (C=O) groups is 2. The topological polar surface area (TPSA) is 61.8 Å². The summed E-state index contributed by atoms with van der Waals surface area (Å²) in [6.45, 7) is 2.24. The number of rotatable bonds is 11. The summed E-state index contributed by atoms with van der Waals surface area (Å²) >= 11 is 0. The minimum atomic E-state index is -0.401. The van der Waals surface area contributed by atoms with Crippen molar-refractivity contribution in [2.24, 2.45) is 0 Å². The first-order valence-corrected chi connectivity index (χ1v) is 10.0. The highest BCUT2D eigenvalue weighted by Gasteiger charge is 2.11. The lowest BCUT2D eigenvalue weighted by Gasteiger charge is -2.14. The quantitative estimate of drug-likeness (QED) is 0.295. The molecule has 5 heteroatoms. The van der Waals surface area contributed by atoms with Crippen LogP contribution in [-0.2, 0) is 19.1 Å². The molecule has 5 nitrogen and oxygen atoms in total. The van der Waals surface area contributed by atoms with E-state index in [2.05, 4.69) is 0 Å². The second-order valence-corrected chi connectivity index (χ2v) is 6.63. The molecule has 0 radical (unpaired) electrons. The normalized spacial score (nSPS) is 12.1. The van der Waals surface area contributed by atoms with E-state index in [0.29, 0.717) is 19.3 Å². The molecule has 0 aliphatic carbocycles. The van der Waals surface area contributed by atoms with Crippen molar-refractivity contribution in [1.29, 1.82) is 0 Å². The molecule has 2 aromatic carbocycles. The summed E-state index contributed by atoms with van der Waals surface area (Å²) in [5.41, 5.74) is 1.83. The van der Waals surface area contributed by atoms with Gasteiger partial charge in [0, 0.05) is 12.2 Å². The van der Waals surface area contributed by atoms with Crippen LogP contribution in [0.2, 0.25) is 0 Å². The molecule has 0 saturated carbocycles. The summed E-state index contributed by atoms with van der Waals surface area (Å²) in [7, 11) is 1.60. The molecule has 1 atom stereocenters. The molecule has 0 aliphatic rings. The van der Waals surface area contributed by atoms with Gasteiger partial charge in [-0.25, -0.2) is 9.59 Å². The summed E-state index contributed by atoms with van der Waals surface area (Å²) in [4.78, 5) is 23.8. The van der Waals surface area contributed by atoms with Gasteiger partial charge in [0.2, 0.25) is 0 Å². The lowest BCUT2D eigenvalue weighted by molar-refractivity contribution is -0.144. The number of esters is 2. The highest BCUT2D eigenvalue weighted by molar-refractivity contribution is 5.87. The Balaban J connectivity index is 1.67. The predicted octanol–water partition coefficient (Wildman–Crippen LogP) is 5.07. The van der Waals surface area contributed by atoms with Crippen molar-refractivity contribution in [1.82, 2.24) is 0 Å². The number of ether oxygens (including phenoxy) is 3. The standard InChI is InChI=1S/C25H28O5/c1-3-22(30-25(27)18-14-20-8-5-4-6-9-20)10-7-19-29-24(26)17-13-21-11-15-23(28-2)16-12-21/h4-6,8-9,11-18,22H,3,7,10,19H2,1-2H3/b17-13+,18-14?. The first kappa shape index (κ1) is 22.9. The van der Waals surface area contributed by atoms with E-state index in [0.717, 1.165) is 16.9 Å². The Morgan fingerprint density at radius 2 is 1.53 bits per heavy atom. The zero-order chi connectivity index (χ0) is 21.6. The van der Waals surface area contributed by atoms with E-state index >= 15 is 0 Å². The third kappa shape index (κ3) is 8.78. The Hall–Kier alpha value is -3.34. The van der Waals surface area contributed by atoms with E-state index < -0.39 is 5.97 Å². The van der Waals surface area contributed by atoms with Crippen LogP contribution >= 0.6 is 0 Å². The monoisotopic (exact) mass is 408 g/mol. The van der Waals surface area contributed by atoms with Crippen molar-refractivity contribution in [2.75, 3.05) is 13.7 Å². The number of benzene rings is 2. The molecule has 2 aromatic rings. The van der Waals surface area contributed by atoms with Crippen LogP contribution in [0.1, 0.15) is 37.3 Å². The van der Waals surface area contributed by atoms with Crippen LogP contribution in [0.15, 0.2) is 66.7 Å². The minimum Gasteiger partial charge on any atom is -0.497 e. The molecule has 0 saturated heterocycles. The van der Waals surface area contributed by atoms with E-state index in [4.69, 9.17) is 14.2 Å². The molecule has 0 N–H and O–H groups in total. The third-order valence-electron chi connectivity index (χ3n) is 4.39. The number of carbonyl (C=O) groups excluding carboxylic acids is 2. The Labute approximate surface area is 178 Å². The molecular weight excluding hydrogens is 380 g/mol. The second kappa shape index (κ2) is 13.0. The van der Waals surface area contributed by atoms with Crippen LogP contribution < -0.4 is 4.74 Å². The highest BCUT2D eigenvalue weighted by atomic mass is 16.5. The number of hydrogen-bond acceptors (Lipinski definition) is 5. The summed E-state index contributed by atoms with van der Waals surface area (Å²) < 4.78 is 15.8. The van der Waals surface area contributed by atoms with Gasteiger partial charge in [0.05, 0.1) is 13.7 Å². The number of hydrogen-bond donors (Lipinski definition) is 0. The van der Waals surface area contributed by atoms with Gasteiger partial charge in [-0.05, 0) is 54.7 Å². The van der Waals surface area contributed by atoms with Crippen molar-refractivity contribution in [3.8, 4) is 5.75 Å². The van der Waals surface area contributed by atoms with Gasteiger partial charge in [0.15, 0.2) is 0 Å². The maximum absolute atomic E-state index is 12.0. The van der Waals surface area contributed by atoms with Gasteiger partial charge in [-0.2, -0.15) is 0 Å². The predicted molar refractivity (Wildman–Crippen MR) is 118 cm³/mol. The average molecular weight is 408 g/mol. The van der Waals surface area contributed by atoms with Crippen molar-refractivity contribution in [2.45, 2.75) is 32.3 Å². The maximum atomic E-state index is 12.0. The fourth-order valence-electron chi connectivity index (χ4n) is 2.69. The SMILES string of the molecule is CCC(CCCOC(=O)/C=C/c1ccc(OC)cc1)OC(=O)C=Cc1ccccc1. The molecule has 0 amide bonds. The van der Waals surface area contributed by atoms with Crippen molar-refractivity contribution < 1.29 is 23.8 Å². The summed E-state index contributed by atoms with van der Waals surface area (Å²) in [5.74, 6) is -0.0109. The zero-order valence-electron chi connectivity index (χ0n) is 17.5. The average Bonchev–Trinajstić information content (AvgIpc) is 2.79. The van der Waals surface area contributed by atoms with Gasteiger partial charge in [0.25, 0.3) is 0 Å². The van der Waals surface area contributed by atoms with Crippen LogP contribution in [0.3, 0.4) is 0 Å². The molecule has 0 bridgehead atoms. The molecular formula is C25H28O5. The van der Waals surface area contributed by atoms with Gasteiger partial charge >= 0.3 is 11.9 Å². The van der Waals surface area contributed by atoms with Crippen molar-refractivity contribution in [3.05, 3.63) is 77.9 Å². The van der Waals surface area contributed by atoms with E-state index in [1.165, 1.54) is 12.2 Å². The molecule has 2 rings (SSSR count). The first-order valence-electron chi connectivity index (χ1n) is 10.0. The molecule has 0 aromatic heterocycles. The van der Waals surface area contributed by atoms with Crippen LogP contribution in [0.25, 0.3) is 12.2 Å². The Bertz CT molecular complexity index is 838. The van der Waals surface area contributed by atoms with Gasteiger partial charge < -0.3 is 14.2 Å². The van der Waals surface area contributed by atoms with E-state index in [1.54, 1.807) is 19.3 Å². The van der Waals surface area contributed by atoms with Gasteiger partial charge in [-0.3, -0.25) is 0 Å². The molecule has 1 unspecified atom stereocenters. The fraction of sp³-hybridized carbons (Fsp3) is 0.280. The van der Waals surface area contributed by atoms with E-state index in [9.17, 15) is 9.59 Å². The van der Waals surface area contributed by atoms with Crippen LogP contribution in [0.4, 0.5) is 0 Å². The number of methoxy groups -OCH3 is 1. The minimum absolute atomic E-state index is 0.202. The van der Waals surface area contributed by atoms with Crippen LogP contribution in [0.5, 0.6) is 5.75 Å². The van der Waals surface area contributed by atoms with Crippen LogP contribution in [0, 0.1) is 0 Å². The van der Waals surface area contributed by atoms with Crippen molar-refractivity contribution >= 4 is 24.1 Å². The Kier molecular flexibility index (Phi) is 9.93. The lowest BCUT2D eigenvalue weighted by Crippen LogP contribution is -2.17. The summed E-state index contributed by atoms with van der Waals surface area (Å²) in [6.07, 6.45) is 8.01. The van der Waals surface area contributed by atoms with Crippen LogP contribution in [-0.4, -0.2) is 31.8 Å². The second-order valence-electron chi connectivity index (χ2n) is 6.63.